The number of ether oxygens (including phenoxy) is 1. The number of aliphatic carboxylic acids is 1. The average Bonchev–Trinajstić information content (AvgIpc) is 2.67. The maximum Gasteiger partial charge on any atom is 0.411 e. The van der Waals surface area contributed by atoms with Crippen LogP contribution in [0.25, 0.3) is 0 Å². The highest BCUT2D eigenvalue weighted by molar-refractivity contribution is 8.00. The Hall–Kier alpha value is -0.910. The van der Waals surface area contributed by atoms with E-state index in [1.807, 2.05) is 13.8 Å². The van der Waals surface area contributed by atoms with Crippen LogP contribution in [0.5, 0.6) is 0 Å². The number of amides is 1. The first-order chi connectivity index (χ1) is 7.68. The Balaban J connectivity index is 2.31. The number of carbonyl (C=O) groups excluding carboxylic acids is 1. The smallest absolute Gasteiger partial charge is 0.411 e. The predicted octanol–water partition coefficient (Wildman–Crippen LogP) is 1.77. The van der Waals surface area contributed by atoms with Gasteiger partial charge in [-0.05, 0) is 27.7 Å². The molecule has 0 saturated carbocycles. The standard InChI is InChI=1S/C11H17NO4S/c1-10(2,8(13)14)7-6-5-17-11(3,4)12(6)9(15)16-7/h6-7H,5H2,1-4H3,(H,13,14)/t6-,7+/m0/s1. The van der Waals surface area contributed by atoms with E-state index in [1.54, 1.807) is 30.5 Å². The van der Waals surface area contributed by atoms with Crippen LogP contribution in [-0.4, -0.2) is 44.8 Å². The molecule has 1 amide bonds. The van der Waals surface area contributed by atoms with Crippen molar-refractivity contribution >= 4 is 23.8 Å². The summed E-state index contributed by atoms with van der Waals surface area (Å²) in [6.45, 7) is 7.11. The minimum absolute atomic E-state index is 0.145. The lowest BCUT2D eigenvalue weighted by atomic mass is 9.83. The molecule has 2 aliphatic rings. The van der Waals surface area contributed by atoms with Gasteiger partial charge in [0.15, 0.2) is 0 Å². The molecule has 0 bridgehead atoms. The molecule has 2 aliphatic heterocycles. The summed E-state index contributed by atoms with van der Waals surface area (Å²) in [6, 6.07) is -0.145. The van der Waals surface area contributed by atoms with E-state index in [9.17, 15) is 14.7 Å². The summed E-state index contributed by atoms with van der Waals surface area (Å²) in [4.78, 5) is 24.5. The van der Waals surface area contributed by atoms with Crippen molar-refractivity contribution in [2.75, 3.05) is 5.75 Å². The molecule has 2 rings (SSSR count). The first kappa shape index (κ1) is 12.5. The number of carbonyl (C=O) groups is 2. The van der Waals surface area contributed by atoms with E-state index >= 15 is 0 Å². The molecule has 96 valence electrons. The quantitative estimate of drug-likeness (QED) is 0.818. The zero-order valence-electron chi connectivity index (χ0n) is 10.4. The van der Waals surface area contributed by atoms with Crippen molar-refractivity contribution in [2.45, 2.75) is 44.7 Å². The summed E-state index contributed by atoms with van der Waals surface area (Å²) in [5.41, 5.74) is -1.06. The third-order valence-electron chi connectivity index (χ3n) is 3.56. The van der Waals surface area contributed by atoms with Gasteiger partial charge >= 0.3 is 12.1 Å². The number of cyclic esters (lactones) is 1. The number of carboxylic acid groups (broad SMARTS) is 1. The van der Waals surface area contributed by atoms with Crippen molar-refractivity contribution in [1.29, 1.82) is 0 Å². The zero-order chi connectivity index (χ0) is 13.0. The molecule has 2 fully saturated rings. The second-order valence-corrected chi connectivity index (χ2v) is 7.15. The molecule has 0 unspecified atom stereocenters. The summed E-state index contributed by atoms with van der Waals surface area (Å²) >= 11 is 1.66. The molecule has 2 heterocycles. The first-order valence-corrected chi connectivity index (χ1v) is 6.54. The number of nitrogens with zero attached hydrogens (tertiary/aromatic N) is 1. The number of fused-ring (bicyclic) bond motifs is 1. The topological polar surface area (TPSA) is 66.8 Å². The van der Waals surface area contributed by atoms with Crippen LogP contribution < -0.4 is 0 Å². The van der Waals surface area contributed by atoms with E-state index in [4.69, 9.17) is 4.74 Å². The van der Waals surface area contributed by atoms with Crippen LogP contribution in [0.1, 0.15) is 27.7 Å². The van der Waals surface area contributed by atoms with Gasteiger partial charge in [0.25, 0.3) is 0 Å². The Morgan fingerprint density at radius 1 is 1.59 bits per heavy atom. The molecular weight excluding hydrogens is 242 g/mol. The molecule has 0 aromatic rings. The van der Waals surface area contributed by atoms with Gasteiger partial charge in [0.1, 0.15) is 11.5 Å². The fourth-order valence-electron chi connectivity index (χ4n) is 2.40. The number of hydrogen-bond donors (Lipinski definition) is 1. The Morgan fingerprint density at radius 3 is 2.71 bits per heavy atom. The van der Waals surface area contributed by atoms with Crippen molar-refractivity contribution in [2.24, 2.45) is 5.41 Å². The van der Waals surface area contributed by atoms with Crippen LogP contribution in [0.4, 0.5) is 4.79 Å². The Labute approximate surface area is 104 Å². The second kappa shape index (κ2) is 3.54. The number of hydrogen-bond acceptors (Lipinski definition) is 4. The molecule has 0 aromatic carbocycles. The van der Waals surface area contributed by atoms with E-state index < -0.39 is 23.6 Å². The van der Waals surface area contributed by atoms with Crippen molar-refractivity contribution in [3.8, 4) is 0 Å². The molecular formula is C11H17NO4S. The Kier molecular flexibility index (Phi) is 2.61. The Bertz CT molecular complexity index is 380. The third-order valence-corrected chi connectivity index (χ3v) is 4.97. The predicted molar refractivity (Wildman–Crippen MR) is 63.8 cm³/mol. The van der Waals surface area contributed by atoms with Gasteiger partial charge in [-0.25, -0.2) is 4.79 Å². The lowest BCUT2D eigenvalue weighted by Gasteiger charge is -2.30. The fraction of sp³-hybridized carbons (Fsp3) is 0.818. The van der Waals surface area contributed by atoms with E-state index in [0.29, 0.717) is 0 Å². The van der Waals surface area contributed by atoms with Gasteiger partial charge in [-0.3, -0.25) is 9.69 Å². The lowest BCUT2D eigenvalue weighted by Crippen LogP contribution is -2.48. The molecule has 0 radical (unpaired) electrons. The summed E-state index contributed by atoms with van der Waals surface area (Å²) in [7, 11) is 0. The van der Waals surface area contributed by atoms with Gasteiger partial charge in [0.05, 0.1) is 10.9 Å². The summed E-state index contributed by atoms with van der Waals surface area (Å²) < 4.78 is 5.28. The molecule has 0 aliphatic carbocycles. The number of thioether (sulfide) groups is 1. The first-order valence-electron chi connectivity index (χ1n) is 5.55. The second-order valence-electron chi connectivity index (χ2n) is 5.53. The molecule has 2 atom stereocenters. The van der Waals surface area contributed by atoms with Gasteiger partial charge in [-0.15, -0.1) is 11.8 Å². The van der Waals surface area contributed by atoms with E-state index in [0.717, 1.165) is 5.75 Å². The van der Waals surface area contributed by atoms with Crippen molar-refractivity contribution in [1.82, 2.24) is 4.90 Å². The summed E-state index contributed by atoms with van der Waals surface area (Å²) in [5.74, 6) is -0.216. The molecule has 17 heavy (non-hydrogen) atoms. The maximum absolute atomic E-state index is 11.8. The van der Waals surface area contributed by atoms with Crippen LogP contribution in [0, 0.1) is 5.41 Å². The zero-order valence-corrected chi connectivity index (χ0v) is 11.2. The van der Waals surface area contributed by atoms with E-state index in [-0.39, 0.29) is 10.9 Å². The molecule has 1 N–H and O–H groups in total. The van der Waals surface area contributed by atoms with Crippen LogP contribution in [0.15, 0.2) is 0 Å². The Morgan fingerprint density at radius 2 is 2.18 bits per heavy atom. The summed E-state index contributed by atoms with van der Waals surface area (Å²) in [6.07, 6.45) is -0.980. The molecule has 0 aromatic heterocycles. The fourth-order valence-corrected chi connectivity index (χ4v) is 3.66. The minimum atomic E-state index is -1.06. The highest BCUT2D eigenvalue weighted by atomic mass is 32.2. The van der Waals surface area contributed by atoms with E-state index in [1.165, 1.54) is 0 Å². The highest BCUT2D eigenvalue weighted by Gasteiger charge is 2.59. The monoisotopic (exact) mass is 259 g/mol. The molecule has 5 nitrogen and oxygen atoms in total. The van der Waals surface area contributed by atoms with Crippen molar-refractivity contribution in [3.05, 3.63) is 0 Å². The van der Waals surface area contributed by atoms with E-state index in [2.05, 4.69) is 0 Å². The van der Waals surface area contributed by atoms with Crippen LogP contribution >= 0.6 is 11.8 Å². The minimum Gasteiger partial charge on any atom is -0.481 e. The van der Waals surface area contributed by atoms with Crippen molar-refractivity contribution < 1.29 is 19.4 Å². The van der Waals surface area contributed by atoms with Crippen LogP contribution in [0.2, 0.25) is 0 Å². The largest absolute Gasteiger partial charge is 0.481 e. The summed E-state index contributed by atoms with van der Waals surface area (Å²) in [5, 5.41) is 9.22. The molecule has 0 spiro atoms. The van der Waals surface area contributed by atoms with Gasteiger partial charge in [0, 0.05) is 5.75 Å². The third kappa shape index (κ3) is 1.69. The van der Waals surface area contributed by atoms with Gasteiger partial charge in [0.2, 0.25) is 0 Å². The van der Waals surface area contributed by atoms with Gasteiger partial charge < -0.3 is 9.84 Å². The average molecular weight is 259 g/mol. The normalized spacial score (nSPS) is 31.3. The van der Waals surface area contributed by atoms with Crippen molar-refractivity contribution in [3.63, 3.8) is 0 Å². The number of carboxylic acids is 1. The SMILES string of the molecule is CC(C)(C(=O)O)[C@@H]1OC(=O)N2[C@H]1CSC2(C)C. The molecule has 2 saturated heterocycles. The molecule has 6 heteroatoms. The van der Waals surface area contributed by atoms with Crippen LogP contribution in [-0.2, 0) is 9.53 Å². The maximum atomic E-state index is 11.8. The van der Waals surface area contributed by atoms with Gasteiger partial charge in [-0.1, -0.05) is 0 Å². The van der Waals surface area contributed by atoms with Gasteiger partial charge in [-0.2, -0.15) is 0 Å². The lowest BCUT2D eigenvalue weighted by molar-refractivity contribution is -0.152. The van der Waals surface area contributed by atoms with Crippen LogP contribution in [0.3, 0.4) is 0 Å². The highest BCUT2D eigenvalue weighted by Crippen LogP contribution is 2.47. The number of rotatable bonds is 2.